The van der Waals surface area contributed by atoms with Crippen molar-refractivity contribution >= 4 is 9.84 Å². The molecule has 1 fully saturated rings. The first-order valence-electron chi connectivity index (χ1n) is 5.03. The van der Waals surface area contributed by atoms with Crippen molar-refractivity contribution in [2.24, 2.45) is 0 Å². The van der Waals surface area contributed by atoms with E-state index in [0.29, 0.717) is 5.92 Å². The van der Waals surface area contributed by atoms with Crippen LogP contribution in [0.5, 0.6) is 0 Å². The highest BCUT2D eigenvalue weighted by atomic mass is 32.2. The fourth-order valence-corrected chi connectivity index (χ4v) is 2.38. The molecule has 2 N–H and O–H groups in total. The summed E-state index contributed by atoms with van der Waals surface area (Å²) in [5, 5.41) is 3.36. The van der Waals surface area contributed by atoms with Crippen molar-refractivity contribution in [3.63, 3.8) is 0 Å². The van der Waals surface area contributed by atoms with Gasteiger partial charge in [-0.25, -0.2) is 13.4 Å². The Balaban J connectivity index is 2.19. The van der Waals surface area contributed by atoms with Gasteiger partial charge in [0.2, 0.25) is 15.0 Å². The van der Waals surface area contributed by atoms with Gasteiger partial charge in [0, 0.05) is 30.6 Å². The van der Waals surface area contributed by atoms with Gasteiger partial charge in [-0.1, -0.05) is 0 Å². The van der Waals surface area contributed by atoms with Crippen molar-refractivity contribution in [1.82, 2.24) is 15.3 Å². The van der Waals surface area contributed by atoms with Gasteiger partial charge in [-0.05, 0) is 19.4 Å². The molecule has 5 nitrogen and oxygen atoms in total. The van der Waals surface area contributed by atoms with Gasteiger partial charge in [-0.15, -0.1) is 0 Å². The SMILES string of the molecule is CS(=O)(=O)c1ncc(C2CCCNC2)[nH]1. The molecular weight excluding hydrogens is 214 g/mol. The van der Waals surface area contributed by atoms with Crippen LogP contribution in [0.15, 0.2) is 11.4 Å². The number of imidazole rings is 1. The zero-order chi connectivity index (χ0) is 10.9. The summed E-state index contributed by atoms with van der Waals surface area (Å²) >= 11 is 0. The maximum atomic E-state index is 11.2. The Morgan fingerprint density at radius 3 is 2.87 bits per heavy atom. The van der Waals surface area contributed by atoms with Crippen LogP contribution in [-0.2, 0) is 9.84 Å². The minimum atomic E-state index is -3.21. The van der Waals surface area contributed by atoms with Gasteiger partial charge < -0.3 is 10.3 Å². The molecule has 84 valence electrons. The van der Waals surface area contributed by atoms with Crippen LogP contribution in [0.25, 0.3) is 0 Å². The second-order valence-electron chi connectivity index (χ2n) is 3.96. The van der Waals surface area contributed by atoms with Gasteiger partial charge in [0.25, 0.3) is 0 Å². The lowest BCUT2D eigenvalue weighted by atomic mass is 9.97. The monoisotopic (exact) mass is 229 g/mol. The van der Waals surface area contributed by atoms with E-state index in [9.17, 15) is 8.42 Å². The lowest BCUT2D eigenvalue weighted by molar-refractivity contribution is 0.454. The average molecular weight is 229 g/mol. The van der Waals surface area contributed by atoms with Gasteiger partial charge in [0.05, 0.1) is 0 Å². The zero-order valence-corrected chi connectivity index (χ0v) is 9.47. The van der Waals surface area contributed by atoms with Crippen molar-refractivity contribution < 1.29 is 8.42 Å². The molecule has 1 aliphatic heterocycles. The van der Waals surface area contributed by atoms with Crippen LogP contribution in [0.2, 0.25) is 0 Å². The molecule has 0 aliphatic carbocycles. The number of hydrogen-bond donors (Lipinski definition) is 2. The van der Waals surface area contributed by atoms with Crippen LogP contribution in [-0.4, -0.2) is 37.7 Å². The third-order valence-corrected chi connectivity index (χ3v) is 3.57. The topological polar surface area (TPSA) is 74.8 Å². The molecule has 2 rings (SSSR count). The number of aromatic nitrogens is 2. The zero-order valence-electron chi connectivity index (χ0n) is 8.66. The standard InChI is InChI=1S/C9H15N3O2S/c1-15(13,14)9-11-6-8(12-9)7-3-2-4-10-5-7/h6-7,10H,2-5H2,1H3,(H,11,12). The van der Waals surface area contributed by atoms with Crippen LogP contribution in [0, 0.1) is 0 Å². The van der Waals surface area contributed by atoms with E-state index in [-0.39, 0.29) is 5.16 Å². The van der Waals surface area contributed by atoms with Crippen LogP contribution in [0.4, 0.5) is 0 Å². The Labute approximate surface area is 89.2 Å². The van der Waals surface area contributed by atoms with Crippen LogP contribution in [0.1, 0.15) is 24.5 Å². The summed E-state index contributed by atoms with van der Waals surface area (Å²) in [6, 6.07) is 0. The predicted molar refractivity (Wildman–Crippen MR) is 56.5 cm³/mol. The summed E-state index contributed by atoms with van der Waals surface area (Å²) in [7, 11) is -3.21. The number of aromatic amines is 1. The summed E-state index contributed by atoms with van der Waals surface area (Å²) in [6.45, 7) is 1.94. The first-order valence-corrected chi connectivity index (χ1v) is 6.92. The fourth-order valence-electron chi connectivity index (χ4n) is 1.83. The second kappa shape index (κ2) is 3.94. The van der Waals surface area contributed by atoms with Gasteiger partial charge >= 0.3 is 0 Å². The van der Waals surface area contributed by atoms with E-state index < -0.39 is 9.84 Å². The fraction of sp³-hybridized carbons (Fsp3) is 0.667. The number of nitrogens with zero attached hydrogens (tertiary/aromatic N) is 1. The Hall–Kier alpha value is -0.880. The molecule has 15 heavy (non-hydrogen) atoms. The molecule has 0 radical (unpaired) electrons. The predicted octanol–water partition coefficient (Wildman–Crippen LogP) is 0.280. The smallest absolute Gasteiger partial charge is 0.224 e. The normalized spacial score (nSPS) is 22.9. The molecule has 0 amide bonds. The molecule has 1 aromatic rings. The van der Waals surface area contributed by atoms with Crippen LogP contribution < -0.4 is 5.32 Å². The van der Waals surface area contributed by atoms with E-state index in [1.807, 2.05) is 0 Å². The van der Waals surface area contributed by atoms with E-state index in [1.54, 1.807) is 6.20 Å². The largest absolute Gasteiger partial charge is 0.332 e. The minimum absolute atomic E-state index is 0.0723. The van der Waals surface area contributed by atoms with Crippen molar-refractivity contribution in [3.05, 3.63) is 11.9 Å². The number of H-pyrrole nitrogens is 1. The molecule has 1 atom stereocenters. The molecule has 6 heteroatoms. The van der Waals surface area contributed by atoms with Crippen molar-refractivity contribution in [1.29, 1.82) is 0 Å². The Bertz CT molecular complexity index is 432. The van der Waals surface area contributed by atoms with Gasteiger partial charge in [-0.2, -0.15) is 0 Å². The van der Waals surface area contributed by atoms with Gasteiger partial charge in [0.15, 0.2) is 0 Å². The van der Waals surface area contributed by atoms with Crippen molar-refractivity contribution in [2.45, 2.75) is 23.9 Å². The molecule has 1 saturated heterocycles. The lowest BCUT2D eigenvalue weighted by Gasteiger charge is -2.21. The summed E-state index contributed by atoms with van der Waals surface area (Å²) < 4.78 is 22.4. The van der Waals surface area contributed by atoms with Crippen molar-refractivity contribution in [3.8, 4) is 0 Å². The van der Waals surface area contributed by atoms with Gasteiger partial charge in [0.1, 0.15) is 0 Å². The lowest BCUT2D eigenvalue weighted by Crippen LogP contribution is -2.28. The maximum Gasteiger partial charge on any atom is 0.224 e. The molecule has 1 aromatic heterocycles. The maximum absolute atomic E-state index is 11.2. The second-order valence-corrected chi connectivity index (χ2v) is 5.89. The summed E-state index contributed by atoms with van der Waals surface area (Å²) in [5.74, 6) is 0.363. The molecule has 2 heterocycles. The van der Waals surface area contributed by atoms with E-state index in [0.717, 1.165) is 37.9 Å². The molecule has 1 aliphatic rings. The quantitative estimate of drug-likeness (QED) is 0.764. The molecule has 0 aromatic carbocycles. The van der Waals surface area contributed by atoms with Crippen molar-refractivity contribution in [2.75, 3.05) is 19.3 Å². The molecule has 0 bridgehead atoms. The average Bonchev–Trinajstić information content (AvgIpc) is 2.67. The number of rotatable bonds is 2. The van der Waals surface area contributed by atoms with E-state index >= 15 is 0 Å². The Kier molecular flexibility index (Phi) is 2.79. The number of piperidine rings is 1. The summed E-state index contributed by atoms with van der Waals surface area (Å²) in [5.41, 5.74) is 0.919. The highest BCUT2D eigenvalue weighted by Gasteiger charge is 2.19. The van der Waals surface area contributed by atoms with E-state index in [2.05, 4.69) is 15.3 Å². The minimum Gasteiger partial charge on any atom is -0.332 e. The number of hydrogen-bond acceptors (Lipinski definition) is 4. The number of sulfone groups is 1. The van der Waals surface area contributed by atoms with Gasteiger partial charge in [-0.3, -0.25) is 0 Å². The third kappa shape index (κ3) is 2.38. The first-order chi connectivity index (χ1) is 7.07. The summed E-state index contributed by atoms with van der Waals surface area (Å²) in [4.78, 5) is 6.78. The molecule has 0 spiro atoms. The van der Waals surface area contributed by atoms with E-state index in [1.165, 1.54) is 0 Å². The number of nitrogens with one attached hydrogen (secondary N) is 2. The van der Waals surface area contributed by atoms with E-state index in [4.69, 9.17) is 0 Å². The molecular formula is C9H15N3O2S. The highest BCUT2D eigenvalue weighted by molar-refractivity contribution is 7.90. The molecule has 1 unspecified atom stereocenters. The molecule has 0 saturated carbocycles. The first kappa shape index (κ1) is 10.6. The third-order valence-electron chi connectivity index (χ3n) is 2.66. The summed E-state index contributed by atoms with van der Waals surface area (Å²) in [6.07, 6.45) is 5.00. The Morgan fingerprint density at radius 2 is 2.33 bits per heavy atom. The highest BCUT2D eigenvalue weighted by Crippen LogP contribution is 2.22. The van der Waals surface area contributed by atoms with Crippen LogP contribution >= 0.6 is 0 Å². The van der Waals surface area contributed by atoms with Crippen LogP contribution in [0.3, 0.4) is 0 Å². The Morgan fingerprint density at radius 1 is 1.53 bits per heavy atom.